The van der Waals surface area contributed by atoms with E-state index in [0.717, 1.165) is 11.3 Å². The molecule has 4 nitrogen and oxygen atoms in total. The first-order chi connectivity index (χ1) is 9.51. The summed E-state index contributed by atoms with van der Waals surface area (Å²) >= 11 is 0. The molecular weight excluding hydrogens is 254 g/mol. The number of carbonyl (C=O) groups excluding carboxylic acids is 1. The molecule has 0 bridgehead atoms. The molecule has 0 amide bonds. The van der Waals surface area contributed by atoms with Crippen molar-refractivity contribution in [2.24, 2.45) is 5.92 Å². The van der Waals surface area contributed by atoms with Crippen molar-refractivity contribution in [1.82, 2.24) is 5.32 Å². The van der Waals surface area contributed by atoms with Crippen LogP contribution in [0.1, 0.15) is 39.3 Å². The number of rotatable bonds is 7. The Morgan fingerprint density at radius 1 is 1.25 bits per heavy atom. The molecule has 0 spiro atoms. The predicted octanol–water partition coefficient (Wildman–Crippen LogP) is 2.93. The molecule has 1 aromatic carbocycles. The van der Waals surface area contributed by atoms with Gasteiger partial charge in [-0.15, -0.1) is 0 Å². The Bertz CT molecular complexity index is 431. The number of esters is 1. The SMILES string of the molecule is CCOc1ccccc1C(C)N[C@H](C(=O)OC)C(C)C. The second kappa shape index (κ2) is 7.90. The van der Waals surface area contributed by atoms with E-state index < -0.39 is 0 Å². The molecule has 1 unspecified atom stereocenters. The third-order valence-corrected chi connectivity index (χ3v) is 3.24. The topological polar surface area (TPSA) is 47.6 Å². The number of hydrogen-bond donors (Lipinski definition) is 1. The number of para-hydroxylation sites is 1. The van der Waals surface area contributed by atoms with Crippen molar-refractivity contribution in [3.8, 4) is 5.75 Å². The van der Waals surface area contributed by atoms with E-state index in [1.54, 1.807) is 0 Å². The van der Waals surface area contributed by atoms with E-state index in [1.807, 2.05) is 52.0 Å². The third-order valence-electron chi connectivity index (χ3n) is 3.24. The first-order valence-electron chi connectivity index (χ1n) is 7.06. The van der Waals surface area contributed by atoms with Gasteiger partial charge in [0.2, 0.25) is 0 Å². The maximum absolute atomic E-state index is 11.8. The van der Waals surface area contributed by atoms with Crippen LogP contribution in [0.4, 0.5) is 0 Å². The fourth-order valence-electron chi connectivity index (χ4n) is 2.14. The van der Waals surface area contributed by atoms with Crippen LogP contribution in [0.3, 0.4) is 0 Å². The highest BCUT2D eigenvalue weighted by atomic mass is 16.5. The first-order valence-corrected chi connectivity index (χ1v) is 7.06. The minimum absolute atomic E-state index is 0.00394. The lowest BCUT2D eigenvalue weighted by atomic mass is 10.0. The fraction of sp³-hybridized carbons (Fsp3) is 0.562. The molecule has 1 N–H and O–H groups in total. The molecule has 0 aliphatic rings. The Kier molecular flexibility index (Phi) is 6.52. The summed E-state index contributed by atoms with van der Waals surface area (Å²) in [6.45, 7) is 8.59. The molecule has 112 valence electrons. The quantitative estimate of drug-likeness (QED) is 0.780. The van der Waals surface area contributed by atoms with E-state index in [4.69, 9.17) is 9.47 Å². The summed E-state index contributed by atoms with van der Waals surface area (Å²) < 4.78 is 10.5. The zero-order chi connectivity index (χ0) is 15.1. The lowest BCUT2D eigenvalue weighted by molar-refractivity contribution is -0.144. The van der Waals surface area contributed by atoms with Gasteiger partial charge in [-0.25, -0.2) is 0 Å². The van der Waals surface area contributed by atoms with Crippen molar-refractivity contribution >= 4 is 5.97 Å². The van der Waals surface area contributed by atoms with E-state index in [0.29, 0.717) is 6.61 Å². The van der Waals surface area contributed by atoms with Crippen molar-refractivity contribution in [3.63, 3.8) is 0 Å². The van der Waals surface area contributed by atoms with E-state index in [9.17, 15) is 4.79 Å². The molecule has 1 aromatic rings. The van der Waals surface area contributed by atoms with Crippen LogP contribution >= 0.6 is 0 Å². The minimum atomic E-state index is -0.329. The maximum atomic E-state index is 11.8. The molecule has 20 heavy (non-hydrogen) atoms. The van der Waals surface area contributed by atoms with Gasteiger partial charge in [0.1, 0.15) is 11.8 Å². The average molecular weight is 279 g/mol. The summed E-state index contributed by atoms with van der Waals surface area (Å²) in [4.78, 5) is 11.8. The molecular formula is C16H25NO3. The number of carbonyl (C=O) groups is 1. The fourth-order valence-corrected chi connectivity index (χ4v) is 2.14. The van der Waals surface area contributed by atoms with Crippen LogP contribution in [0.2, 0.25) is 0 Å². The summed E-state index contributed by atoms with van der Waals surface area (Å²) in [6.07, 6.45) is 0. The van der Waals surface area contributed by atoms with Gasteiger partial charge >= 0.3 is 5.97 Å². The normalized spacial score (nSPS) is 13.9. The molecule has 0 radical (unpaired) electrons. The monoisotopic (exact) mass is 279 g/mol. The van der Waals surface area contributed by atoms with Gasteiger partial charge in [-0.05, 0) is 25.8 Å². The summed E-state index contributed by atoms with van der Waals surface area (Å²) in [5.74, 6) is 0.771. The molecule has 0 saturated carbocycles. The number of hydrogen-bond acceptors (Lipinski definition) is 4. The lowest BCUT2D eigenvalue weighted by Gasteiger charge is -2.25. The first kappa shape index (κ1) is 16.5. The highest BCUT2D eigenvalue weighted by Gasteiger charge is 2.25. The number of ether oxygens (including phenoxy) is 2. The molecule has 0 aliphatic heterocycles. The van der Waals surface area contributed by atoms with E-state index in [1.165, 1.54) is 7.11 Å². The number of nitrogens with one attached hydrogen (secondary N) is 1. The largest absolute Gasteiger partial charge is 0.494 e. The van der Waals surface area contributed by atoms with Crippen LogP contribution < -0.4 is 10.1 Å². The molecule has 0 aromatic heterocycles. The summed E-state index contributed by atoms with van der Waals surface area (Å²) in [5, 5.41) is 3.33. The van der Waals surface area contributed by atoms with Crippen LogP contribution in [0.5, 0.6) is 5.75 Å². The second-order valence-corrected chi connectivity index (χ2v) is 5.10. The predicted molar refractivity (Wildman–Crippen MR) is 79.8 cm³/mol. The highest BCUT2D eigenvalue weighted by Crippen LogP contribution is 2.25. The Hall–Kier alpha value is -1.55. The summed E-state index contributed by atoms with van der Waals surface area (Å²) in [5.41, 5.74) is 1.05. The Morgan fingerprint density at radius 2 is 1.90 bits per heavy atom. The van der Waals surface area contributed by atoms with Crippen molar-refractivity contribution < 1.29 is 14.3 Å². The standard InChI is InChI=1S/C16H25NO3/c1-6-20-14-10-8-7-9-13(14)12(4)17-15(11(2)3)16(18)19-5/h7-12,15,17H,6H2,1-5H3/t12?,15-/m0/s1. The zero-order valence-electron chi connectivity index (χ0n) is 13.0. The van der Waals surface area contributed by atoms with Gasteiger partial charge in [-0.3, -0.25) is 10.1 Å². The molecule has 0 aliphatic carbocycles. The van der Waals surface area contributed by atoms with Crippen LogP contribution in [-0.4, -0.2) is 25.7 Å². The van der Waals surface area contributed by atoms with E-state index in [2.05, 4.69) is 5.32 Å². The van der Waals surface area contributed by atoms with Gasteiger partial charge in [0.15, 0.2) is 0 Å². The van der Waals surface area contributed by atoms with Gasteiger partial charge in [0, 0.05) is 11.6 Å². The van der Waals surface area contributed by atoms with Crippen LogP contribution in [0.15, 0.2) is 24.3 Å². The lowest BCUT2D eigenvalue weighted by Crippen LogP contribution is -2.43. The molecule has 0 saturated heterocycles. The average Bonchev–Trinajstić information content (AvgIpc) is 2.44. The Morgan fingerprint density at radius 3 is 2.45 bits per heavy atom. The summed E-state index contributed by atoms with van der Waals surface area (Å²) in [6, 6.07) is 7.55. The van der Waals surface area contributed by atoms with Crippen molar-refractivity contribution in [2.45, 2.75) is 39.8 Å². The summed E-state index contributed by atoms with van der Waals surface area (Å²) in [7, 11) is 1.41. The molecule has 0 heterocycles. The van der Waals surface area contributed by atoms with Crippen molar-refractivity contribution in [1.29, 1.82) is 0 Å². The number of methoxy groups -OCH3 is 1. The molecule has 0 fully saturated rings. The van der Waals surface area contributed by atoms with Crippen molar-refractivity contribution in [2.75, 3.05) is 13.7 Å². The molecule has 1 rings (SSSR count). The Labute approximate surface area is 121 Å². The van der Waals surface area contributed by atoms with Gasteiger partial charge in [0.25, 0.3) is 0 Å². The van der Waals surface area contributed by atoms with Gasteiger partial charge in [-0.1, -0.05) is 32.0 Å². The van der Waals surface area contributed by atoms with Gasteiger partial charge in [0.05, 0.1) is 13.7 Å². The van der Waals surface area contributed by atoms with Gasteiger partial charge in [-0.2, -0.15) is 0 Å². The van der Waals surface area contributed by atoms with Crippen LogP contribution in [0, 0.1) is 5.92 Å². The maximum Gasteiger partial charge on any atom is 0.323 e. The van der Waals surface area contributed by atoms with Crippen LogP contribution in [-0.2, 0) is 9.53 Å². The van der Waals surface area contributed by atoms with Crippen LogP contribution in [0.25, 0.3) is 0 Å². The highest BCUT2D eigenvalue weighted by molar-refractivity contribution is 5.76. The smallest absolute Gasteiger partial charge is 0.323 e. The van der Waals surface area contributed by atoms with Crippen molar-refractivity contribution in [3.05, 3.63) is 29.8 Å². The minimum Gasteiger partial charge on any atom is -0.494 e. The number of benzene rings is 1. The molecule has 4 heteroatoms. The Balaban J connectivity index is 2.88. The zero-order valence-corrected chi connectivity index (χ0v) is 13.0. The molecule has 2 atom stereocenters. The van der Waals surface area contributed by atoms with Gasteiger partial charge < -0.3 is 9.47 Å². The third kappa shape index (κ3) is 4.23. The second-order valence-electron chi connectivity index (χ2n) is 5.10. The van der Waals surface area contributed by atoms with E-state index >= 15 is 0 Å². The van der Waals surface area contributed by atoms with E-state index in [-0.39, 0.29) is 24.0 Å².